The quantitative estimate of drug-likeness (QED) is 0.794. The molecule has 0 amide bonds. The molecule has 1 unspecified atom stereocenters. The van der Waals surface area contributed by atoms with E-state index in [-0.39, 0.29) is 0 Å². The monoisotopic (exact) mass is 262 g/mol. The van der Waals surface area contributed by atoms with E-state index in [4.69, 9.17) is 0 Å². The van der Waals surface area contributed by atoms with Crippen molar-refractivity contribution in [3.05, 3.63) is 0 Å². The lowest BCUT2D eigenvalue weighted by atomic mass is 10.1. The van der Waals surface area contributed by atoms with Crippen LogP contribution in [0.3, 0.4) is 0 Å². The molecule has 17 heavy (non-hydrogen) atoms. The molecule has 0 aromatic rings. The van der Waals surface area contributed by atoms with Crippen molar-refractivity contribution >= 4 is 9.84 Å². The van der Waals surface area contributed by atoms with Crippen molar-refractivity contribution < 1.29 is 8.42 Å². The lowest BCUT2D eigenvalue weighted by Crippen LogP contribution is -2.39. The van der Waals surface area contributed by atoms with Gasteiger partial charge in [-0.15, -0.1) is 0 Å². The lowest BCUT2D eigenvalue weighted by Gasteiger charge is -2.22. The van der Waals surface area contributed by atoms with Crippen LogP contribution in [0, 0.1) is 5.92 Å². The van der Waals surface area contributed by atoms with Crippen molar-refractivity contribution in [2.75, 3.05) is 37.7 Å². The first kappa shape index (κ1) is 14.9. The first-order valence-corrected chi connectivity index (χ1v) is 8.39. The number of hydrogen-bond donors (Lipinski definition) is 1. The summed E-state index contributed by atoms with van der Waals surface area (Å²) in [4.78, 5) is 2.25. The van der Waals surface area contributed by atoms with E-state index >= 15 is 0 Å². The fourth-order valence-corrected chi connectivity index (χ4v) is 3.21. The maximum absolute atomic E-state index is 11.4. The van der Waals surface area contributed by atoms with Gasteiger partial charge in [0.15, 0.2) is 9.84 Å². The minimum absolute atomic E-state index is 0.326. The molecule has 0 spiro atoms. The second kappa shape index (κ2) is 6.71. The van der Waals surface area contributed by atoms with Gasteiger partial charge < -0.3 is 10.2 Å². The SMILES string of the molecule is CC(C)C(C)NCCN1CCCS(=O)(=O)CC1. The van der Waals surface area contributed by atoms with E-state index in [0.29, 0.717) is 30.0 Å². The Kier molecular flexibility index (Phi) is 5.89. The van der Waals surface area contributed by atoms with Crippen molar-refractivity contribution in [2.24, 2.45) is 5.92 Å². The van der Waals surface area contributed by atoms with Crippen LogP contribution in [0.15, 0.2) is 0 Å². The average Bonchev–Trinajstić information content (AvgIpc) is 2.40. The molecule has 1 fully saturated rings. The molecule has 5 heteroatoms. The van der Waals surface area contributed by atoms with Crippen LogP contribution in [0.4, 0.5) is 0 Å². The van der Waals surface area contributed by atoms with Gasteiger partial charge in [0, 0.05) is 25.7 Å². The van der Waals surface area contributed by atoms with E-state index < -0.39 is 9.84 Å². The smallest absolute Gasteiger partial charge is 0.151 e. The van der Waals surface area contributed by atoms with E-state index in [0.717, 1.165) is 26.1 Å². The molecule has 1 aliphatic heterocycles. The van der Waals surface area contributed by atoms with E-state index in [2.05, 4.69) is 31.0 Å². The van der Waals surface area contributed by atoms with Gasteiger partial charge >= 0.3 is 0 Å². The first-order valence-electron chi connectivity index (χ1n) is 6.57. The van der Waals surface area contributed by atoms with Gasteiger partial charge in [-0.25, -0.2) is 8.42 Å². The Balaban J connectivity index is 2.24. The van der Waals surface area contributed by atoms with E-state index in [1.165, 1.54) is 0 Å². The van der Waals surface area contributed by atoms with Crippen molar-refractivity contribution in [2.45, 2.75) is 33.2 Å². The fourth-order valence-electron chi connectivity index (χ4n) is 1.90. The van der Waals surface area contributed by atoms with Gasteiger partial charge in [-0.2, -0.15) is 0 Å². The third-order valence-corrected chi connectivity index (χ3v) is 5.26. The number of rotatable bonds is 5. The summed E-state index contributed by atoms with van der Waals surface area (Å²) in [5.41, 5.74) is 0. The summed E-state index contributed by atoms with van der Waals surface area (Å²) in [6.45, 7) is 10.1. The normalized spacial score (nSPS) is 23.5. The van der Waals surface area contributed by atoms with Crippen molar-refractivity contribution in [1.82, 2.24) is 10.2 Å². The second-order valence-corrected chi connectivity index (χ2v) is 7.64. The number of nitrogens with one attached hydrogen (secondary N) is 1. The van der Waals surface area contributed by atoms with Gasteiger partial charge in [-0.1, -0.05) is 13.8 Å². The Morgan fingerprint density at radius 1 is 1.18 bits per heavy atom. The van der Waals surface area contributed by atoms with Crippen LogP contribution in [0.5, 0.6) is 0 Å². The molecule has 1 heterocycles. The van der Waals surface area contributed by atoms with Gasteiger partial charge in [0.05, 0.1) is 11.5 Å². The average molecular weight is 262 g/mol. The molecule has 0 aromatic carbocycles. The van der Waals surface area contributed by atoms with Gasteiger partial charge in [0.2, 0.25) is 0 Å². The zero-order valence-electron chi connectivity index (χ0n) is 11.3. The molecule has 0 saturated carbocycles. The van der Waals surface area contributed by atoms with E-state index in [1.807, 2.05) is 0 Å². The van der Waals surface area contributed by atoms with Crippen LogP contribution in [0.25, 0.3) is 0 Å². The Hall–Kier alpha value is -0.130. The molecule has 0 bridgehead atoms. The van der Waals surface area contributed by atoms with Crippen molar-refractivity contribution in [3.63, 3.8) is 0 Å². The highest BCUT2D eigenvalue weighted by Crippen LogP contribution is 2.04. The van der Waals surface area contributed by atoms with Crippen molar-refractivity contribution in [1.29, 1.82) is 0 Å². The molecular formula is C12H26N2O2S. The predicted octanol–water partition coefficient (Wildman–Crippen LogP) is 0.741. The van der Waals surface area contributed by atoms with Crippen LogP contribution < -0.4 is 5.32 Å². The van der Waals surface area contributed by atoms with Gasteiger partial charge in [-0.05, 0) is 25.8 Å². The Morgan fingerprint density at radius 2 is 1.88 bits per heavy atom. The summed E-state index contributed by atoms with van der Waals surface area (Å²) in [6, 6.07) is 0.519. The maximum Gasteiger partial charge on any atom is 0.151 e. The standard InChI is InChI=1S/C12H26N2O2S/c1-11(2)12(3)13-5-7-14-6-4-9-17(15,16)10-8-14/h11-13H,4-10H2,1-3H3. The van der Waals surface area contributed by atoms with E-state index in [9.17, 15) is 8.42 Å². The van der Waals surface area contributed by atoms with Gasteiger partial charge in [-0.3, -0.25) is 0 Å². The predicted molar refractivity (Wildman–Crippen MR) is 72.0 cm³/mol. The number of hydrogen-bond acceptors (Lipinski definition) is 4. The summed E-state index contributed by atoms with van der Waals surface area (Å²) in [6.07, 6.45) is 0.780. The summed E-state index contributed by atoms with van der Waals surface area (Å²) in [5.74, 6) is 1.33. The molecule has 0 aliphatic carbocycles. The third kappa shape index (κ3) is 5.84. The fraction of sp³-hybridized carbons (Fsp3) is 1.00. The number of sulfone groups is 1. The molecule has 1 aliphatic rings. The maximum atomic E-state index is 11.4. The van der Waals surface area contributed by atoms with Crippen LogP contribution in [0.2, 0.25) is 0 Å². The van der Waals surface area contributed by atoms with Crippen LogP contribution >= 0.6 is 0 Å². The van der Waals surface area contributed by atoms with E-state index in [1.54, 1.807) is 0 Å². The van der Waals surface area contributed by atoms with Crippen LogP contribution in [-0.2, 0) is 9.84 Å². The highest BCUT2D eigenvalue weighted by Gasteiger charge is 2.18. The molecular weight excluding hydrogens is 236 g/mol. The highest BCUT2D eigenvalue weighted by atomic mass is 32.2. The Labute approximate surface area is 106 Å². The second-order valence-electron chi connectivity index (χ2n) is 5.33. The molecule has 4 nitrogen and oxygen atoms in total. The minimum Gasteiger partial charge on any atom is -0.313 e. The van der Waals surface area contributed by atoms with Crippen LogP contribution in [-0.4, -0.2) is 57.0 Å². The molecule has 0 radical (unpaired) electrons. The molecule has 0 aromatic heterocycles. The lowest BCUT2D eigenvalue weighted by molar-refractivity contribution is 0.283. The highest BCUT2D eigenvalue weighted by molar-refractivity contribution is 7.91. The minimum atomic E-state index is -2.77. The third-order valence-electron chi connectivity index (χ3n) is 3.54. The summed E-state index contributed by atoms with van der Waals surface area (Å²) < 4.78 is 22.9. The molecule has 1 saturated heterocycles. The summed E-state index contributed by atoms with van der Waals surface area (Å²) >= 11 is 0. The largest absolute Gasteiger partial charge is 0.313 e. The Morgan fingerprint density at radius 3 is 2.53 bits per heavy atom. The van der Waals surface area contributed by atoms with Gasteiger partial charge in [0.1, 0.15) is 0 Å². The molecule has 102 valence electrons. The summed E-state index contributed by atoms with van der Waals surface area (Å²) in [5, 5.41) is 3.48. The topological polar surface area (TPSA) is 49.4 Å². The molecule has 1 rings (SSSR count). The molecule has 1 N–H and O–H groups in total. The Bertz CT molecular complexity index is 314. The van der Waals surface area contributed by atoms with Crippen LogP contribution in [0.1, 0.15) is 27.2 Å². The zero-order chi connectivity index (χ0) is 12.9. The first-order chi connectivity index (χ1) is 7.91. The summed E-state index contributed by atoms with van der Waals surface area (Å²) in [7, 11) is -2.77. The zero-order valence-corrected chi connectivity index (χ0v) is 12.1. The number of nitrogens with zero attached hydrogens (tertiary/aromatic N) is 1. The van der Waals surface area contributed by atoms with Crippen molar-refractivity contribution in [3.8, 4) is 0 Å². The van der Waals surface area contributed by atoms with Gasteiger partial charge in [0.25, 0.3) is 0 Å². The molecule has 1 atom stereocenters.